The second-order valence-electron chi connectivity index (χ2n) is 3.09. The van der Waals surface area contributed by atoms with E-state index < -0.39 is 12.6 Å². The SMILES string of the molecule is C=CCCCCC(C)OOC(=O)CO. The van der Waals surface area contributed by atoms with Crippen LogP contribution in [0.1, 0.15) is 32.6 Å². The summed E-state index contributed by atoms with van der Waals surface area (Å²) < 4.78 is 0. The molecule has 0 spiro atoms. The van der Waals surface area contributed by atoms with Gasteiger partial charge in [-0.05, 0) is 26.2 Å². The summed E-state index contributed by atoms with van der Waals surface area (Å²) in [4.78, 5) is 19.5. The first kappa shape index (κ1) is 13.1. The van der Waals surface area contributed by atoms with Gasteiger partial charge < -0.3 is 5.11 Å². The average molecular weight is 202 g/mol. The Morgan fingerprint density at radius 3 is 2.86 bits per heavy atom. The van der Waals surface area contributed by atoms with Gasteiger partial charge in [-0.1, -0.05) is 12.5 Å². The molecule has 4 heteroatoms. The topological polar surface area (TPSA) is 55.8 Å². The number of aliphatic hydroxyl groups is 1. The van der Waals surface area contributed by atoms with E-state index >= 15 is 0 Å². The van der Waals surface area contributed by atoms with Crippen LogP contribution in [0, 0.1) is 0 Å². The highest BCUT2D eigenvalue weighted by molar-refractivity contribution is 5.69. The Kier molecular flexibility index (Phi) is 8.17. The molecule has 0 aliphatic carbocycles. The standard InChI is InChI=1S/C10H18O4/c1-3-4-5-6-7-9(2)13-14-10(12)8-11/h3,9,11H,1,4-8H2,2H3. The molecule has 0 aliphatic rings. The molecule has 14 heavy (non-hydrogen) atoms. The average Bonchev–Trinajstić information content (AvgIpc) is 2.21. The molecular weight excluding hydrogens is 184 g/mol. The highest BCUT2D eigenvalue weighted by atomic mass is 17.2. The van der Waals surface area contributed by atoms with Crippen molar-refractivity contribution in [3.63, 3.8) is 0 Å². The van der Waals surface area contributed by atoms with Crippen molar-refractivity contribution in [2.24, 2.45) is 0 Å². The summed E-state index contributed by atoms with van der Waals surface area (Å²) in [5.74, 6) is -0.761. The number of unbranched alkanes of at least 4 members (excludes halogenated alkanes) is 2. The maximum atomic E-state index is 10.5. The summed E-state index contributed by atoms with van der Waals surface area (Å²) in [6.45, 7) is 4.79. The van der Waals surface area contributed by atoms with Crippen LogP contribution in [0.15, 0.2) is 12.7 Å². The second kappa shape index (κ2) is 8.72. The first-order valence-electron chi connectivity index (χ1n) is 4.78. The van der Waals surface area contributed by atoms with E-state index in [4.69, 9.17) is 9.99 Å². The summed E-state index contributed by atoms with van der Waals surface area (Å²) >= 11 is 0. The minimum Gasteiger partial charge on any atom is -0.385 e. The molecule has 0 aromatic carbocycles. The van der Waals surface area contributed by atoms with Crippen LogP contribution in [0.2, 0.25) is 0 Å². The van der Waals surface area contributed by atoms with Crippen molar-refractivity contribution in [1.29, 1.82) is 0 Å². The number of hydrogen-bond donors (Lipinski definition) is 1. The van der Waals surface area contributed by atoms with Crippen molar-refractivity contribution in [3.05, 3.63) is 12.7 Å². The van der Waals surface area contributed by atoms with Crippen LogP contribution in [-0.2, 0) is 14.6 Å². The Morgan fingerprint density at radius 1 is 1.57 bits per heavy atom. The van der Waals surface area contributed by atoms with Gasteiger partial charge in [0, 0.05) is 0 Å². The molecule has 0 aliphatic heterocycles. The second-order valence-corrected chi connectivity index (χ2v) is 3.09. The zero-order valence-electron chi connectivity index (χ0n) is 8.57. The van der Waals surface area contributed by atoms with Gasteiger partial charge in [0.15, 0.2) is 0 Å². The number of carbonyl (C=O) groups is 1. The Morgan fingerprint density at radius 2 is 2.29 bits per heavy atom. The number of aliphatic hydroxyl groups excluding tert-OH is 1. The van der Waals surface area contributed by atoms with Crippen LogP contribution in [0.25, 0.3) is 0 Å². The molecule has 1 atom stereocenters. The Hall–Kier alpha value is -0.870. The molecule has 0 rings (SSSR count). The number of carbonyl (C=O) groups excluding carboxylic acids is 1. The summed E-state index contributed by atoms with van der Waals surface area (Å²) in [6.07, 6.45) is 5.62. The number of hydrogen-bond acceptors (Lipinski definition) is 4. The van der Waals surface area contributed by atoms with Gasteiger partial charge in [-0.3, -0.25) is 4.89 Å². The highest BCUT2D eigenvalue weighted by Crippen LogP contribution is 2.06. The van der Waals surface area contributed by atoms with Crippen LogP contribution in [-0.4, -0.2) is 23.8 Å². The van der Waals surface area contributed by atoms with Crippen LogP contribution < -0.4 is 0 Å². The van der Waals surface area contributed by atoms with E-state index in [1.54, 1.807) is 0 Å². The van der Waals surface area contributed by atoms with Crippen molar-refractivity contribution in [3.8, 4) is 0 Å². The van der Waals surface area contributed by atoms with E-state index in [1.165, 1.54) is 0 Å². The summed E-state index contributed by atoms with van der Waals surface area (Å²) in [5, 5.41) is 8.33. The molecule has 4 nitrogen and oxygen atoms in total. The van der Waals surface area contributed by atoms with Gasteiger partial charge in [0.05, 0.1) is 0 Å². The molecule has 1 unspecified atom stereocenters. The molecule has 0 fully saturated rings. The maximum Gasteiger partial charge on any atom is 0.367 e. The zero-order valence-corrected chi connectivity index (χ0v) is 8.57. The van der Waals surface area contributed by atoms with Gasteiger partial charge in [-0.25, -0.2) is 4.79 Å². The summed E-state index contributed by atoms with van der Waals surface area (Å²) in [7, 11) is 0. The third-order valence-corrected chi connectivity index (χ3v) is 1.70. The van der Waals surface area contributed by atoms with E-state index in [-0.39, 0.29) is 6.10 Å². The van der Waals surface area contributed by atoms with E-state index in [1.807, 2.05) is 13.0 Å². The lowest BCUT2D eigenvalue weighted by molar-refractivity contribution is -0.297. The maximum absolute atomic E-state index is 10.5. The Bertz CT molecular complexity index is 168. The predicted octanol–water partition coefficient (Wildman–Crippen LogP) is 1.59. The van der Waals surface area contributed by atoms with Crippen LogP contribution in [0.3, 0.4) is 0 Å². The highest BCUT2D eigenvalue weighted by Gasteiger charge is 2.06. The van der Waals surface area contributed by atoms with Crippen LogP contribution >= 0.6 is 0 Å². The molecule has 1 N–H and O–H groups in total. The number of allylic oxidation sites excluding steroid dienone is 1. The molecule has 0 aromatic rings. The van der Waals surface area contributed by atoms with E-state index in [9.17, 15) is 4.79 Å². The lowest BCUT2D eigenvalue weighted by Crippen LogP contribution is -2.15. The first-order valence-corrected chi connectivity index (χ1v) is 4.78. The Labute approximate surface area is 84.4 Å². The van der Waals surface area contributed by atoms with Gasteiger partial charge in [0.1, 0.15) is 12.7 Å². The fourth-order valence-electron chi connectivity index (χ4n) is 0.931. The summed E-state index contributed by atoms with van der Waals surface area (Å²) in [6, 6.07) is 0. The van der Waals surface area contributed by atoms with Crippen molar-refractivity contribution in [2.45, 2.75) is 38.7 Å². The van der Waals surface area contributed by atoms with Crippen molar-refractivity contribution < 1.29 is 19.7 Å². The van der Waals surface area contributed by atoms with E-state index in [2.05, 4.69) is 11.5 Å². The zero-order chi connectivity index (χ0) is 10.8. The molecule has 0 aromatic heterocycles. The fraction of sp³-hybridized carbons (Fsp3) is 0.700. The summed E-state index contributed by atoms with van der Waals surface area (Å²) in [5.41, 5.74) is 0. The molecule has 0 saturated carbocycles. The molecule has 0 saturated heterocycles. The minimum atomic E-state index is -0.761. The molecule has 0 bridgehead atoms. The number of rotatable bonds is 8. The van der Waals surface area contributed by atoms with Gasteiger partial charge in [-0.2, -0.15) is 4.89 Å². The lowest BCUT2D eigenvalue weighted by atomic mass is 10.1. The lowest BCUT2D eigenvalue weighted by Gasteiger charge is -2.09. The van der Waals surface area contributed by atoms with Gasteiger partial charge in [0.2, 0.25) is 0 Å². The molecule has 0 amide bonds. The van der Waals surface area contributed by atoms with Crippen molar-refractivity contribution in [1.82, 2.24) is 0 Å². The van der Waals surface area contributed by atoms with Crippen molar-refractivity contribution >= 4 is 5.97 Å². The molecule has 0 heterocycles. The molecule has 82 valence electrons. The predicted molar refractivity (Wildman–Crippen MR) is 52.4 cm³/mol. The monoisotopic (exact) mass is 202 g/mol. The normalized spacial score (nSPS) is 12.1. The van der Waals surface area contributed by atoms with Crippen molar-refractivity contribution in [2.75, 3.05) is 6.61 Å². The van der Waals surface area contributed by atoms with E-state index in [0.717, 1.165) is 25.7 Å². The minimum absolute atomic E-state index is 0.129. The van der Waals surface area contributed by atoms with Crippen LogP contribution in [0.4, 0.5) is 0 Å². The molecular formula is C10H18O4. The quantitative estimate of drug-likeness (QED) is 0.281. The first-order chi connectivity index (χ1) is 6.70. The fourth-order valence-corrected chi connectivity index (χ4v) is 0.931. The van der Waals surface area contributed by atoms with Gasteiger partial charge in [-0.15, -0.1) is 6.58 Å². The molecule has 0 radical (unpaired) electrons. The largest absolute Gasteiger partial charge is 0.385 e. The third kappa shape index (κ3) is 7.76. The van der Waals surface area contributed by atoms with Gasteiger partial charge >= 0.3 is 5.97 Å². The van der Waals surface area contributed by atoms with E-state index in [0.29, 0.717) is 0 Å². The van der Waals surface area contributed by atoms with Crippen LogP contribution in [0.5, 0.6) is 0 Å². The smallest absolute Gasteiger partial charge is 0.367 e. The Balaban J connectivity index is 3.31. The third-order valence-electron chi connectivity index (χ3n) is 1.70. The van der Waals surface area contributed by atoms with Gasteiger partial charge in [0.25, 0.3) is 0 Å².